The Morgan fingerprint density at radius 3 is 2.42 bits per heavy atom. The molecule has 1 heterocycles. The minimum absolute atomic E-state index is 0.0664. The van der Waals surface area contributed by atoms with Gasteiger partial charge in [-0.25, -0.2) is 18.2 Å². The molecular formula is C14H15F3N2. The number of benzene rings is 1. The van der Waals surface area contributed by atoms with E-state index in [1.807, 2.05) is 20.8 Å². The molecule has 0 amide bonds. The van der Waals surface area contributed by atoms with Crippen LogP contribution < -0.4 is 5.32 Å². The molecule has 0 aliphatic carbocycles. The van der Waals surface area contributed by atoms with Crippen LogP contribution in [0.25, 0.3) is 10.9 Å². The van der Waals surface area contributed by atoms with Crippen molar-refractivity contribution in [2.75, 3.05) is 11.9 Å². The zero-order chi connectivity index (χ0) is 14.2. The summed E-state index contributed by atoms with van der Waals surface area (Å²) in [5.41, 5.74) is 0.581. The number of anilines is 1. The van der Waals surface area contributed by atoms with Gasteiger partial charge in [-0.1, -0.05) is 13.8 Å². The van der Waals surface area contributed by atoms with E-state index in [-0.39, 0.29) is 16.8 Å². The van der Waals surface area contributed by atoms with Crippen molar-refractivity contribution in [3.8, 4) is 0 Å². The Morgan fingerprint density at radius 2 is 1.84 bits per heavy atom. The van der Waals surface area contributed by atoms with E-state index in [1.54, 1.807) is 0 Å². The largest absolute Gasteiger partial charge is 0.370 e. The topological polar surface area (TPSA) is 24.9 Å². The summed E-state index contributed by atoms with van der Waals surface area (Å²) in [5.74, 6) is -2.54. The molecule has 0 atom stereocenters. The molecule has 2 nitrogen and oxygen atoms in total. The molecule has 1 N–H and O–H groups in total. The van der Waals surface area contributed by atoms with Crippen molar-refractivity contribution < 1.29 is 13.2 Å². The highest BCUT2D eigenvalue weighted by Crippen LogP contribution is 2.30. The lowest BCUT2D eigenvalue weighted by molar-refractivity contribution is 0.505. The summed E-state index contributed by atoms with van der Waals surface area (Å²) < 4.78 is 40.7. The molecule has 0 fully saturated rings. The summed E-state index contributed by atoms with van der Waals surface area (Å²) in [7, 11) is 0. The summed E-state index contributed by atoms with van der Waals surface area (Å²) >= 11 is 0. The number of nitrogens with one attached hydrogen (secondary N) is 1. The van der Waals surface area contributed by atoms with Gasteiger partial charge in [0, 0.05) is 18.0 Å². The maximum atomic E-state index is 13.7. The average Bonchev–Trinajstić information content (AvgIpc) is 2.35. The van der Waals surface area contributed by atoms with Gasteiger partial charge in [0.1, 0.15) is 11.3 Å². The van der Waals surface area contributed by atoms with Crippen molar-refractivity contribution in [1.29, 1.82) is 0 Å². The van der Waals surface area contributed by atoms with Crippen LogP contribution in [0.15, 0.2) is 12.1 Å². The van der Waals surface area contributed by atoms with Crippen molar-refractivity contribution in [2.24, 2.45) is 0 Å². The smallest absolute Gasteiger partial charge is 0.168 e. The molecule has 19 heavy (non-hydrogen) atoms. The zero-order valence-corrected chi connectivity index (χ0v) is 11.0. The normalized spacial score (nSPS) is 11.3. The highest BCUT2D eigenvalue weighted by atomic mass is 19.2. The van der Waals surface area contributed by atoms with E-state index >= 15 is 0 Å². The van der Waals surface area contributed by atoms with Gasteiger partial charge in [0.2, 0.25) is 0 Å². The fourth-order valence-corrected chi connectivity index (χ4v) is 2.00. The molecule has 1 aromatic heterocycles. The molecule has 0 aliphatic heterocycles. The average molecular weight is 268 g/mol. The molecule has 2 rings (SSSR count). The molecule has 0 saturated carbocycles. The molecular weight excluding hydrogens is 253 g/mol. The van der Waals surface area contributed by atoms with E-state index < -0.39 is 17.5 Å². The molecule has 0 aliphatic rings. The highest BCUT2D eigenvalue weighted by Gasteiger charge is 2.17. The third-order valence-corrected chi connectivity index (χ3v) is 2.94. The Kier molecular flexibility index (Phi) is 3.64. The number of rotatable bonds is 3. The van der Waals surface area contributed by atoms with Crippen LogP contribution in [0.5, 0.6) is 0 Å². The third-order valence-electron chi connectivity index (χ3n) is 2.94. The molecule has 0 saturated heterocycles. The molecule has 2 aromatic rings. The number of pyridine rings is 1. The molecule has 5 heteroatoms. The molecule has 0 radical (unpaired) electrons. The van der Waals surface area contributed by atoms with Crippen LogP contribution in [-0.4, -0.2) is 11.5 Å². The van der Waals surface area contributed by atoms with E-state index in [9.17, 15) is 13.2 Å². The van der Waals surface area contributed by atoms with Crippen LogP contribution in [0, 0.1) is 17.5 Å². The number of fused-ring (bicyclic) bond motifs is 1. The van der Waals surface area contributed by atoms with E-state index in [0.29, 0.717) is 18.4 Å². The number of halogens is 3. The minimum Gasteiger partial charge on any atom is -0.370 e. The van der Waals surface area contributed by atoms with Gasteiger partial charge >= 0.3 is 0 Å². The maximum Gasteiger partial charge on any atom is 0.168 e. The van der Waals surface area contributed by atoms with Crippen LogP contribution in [0.3, 0.4) is 0 Å². The first-order chi connectivity index (χ1) is 8.95. The standard InChI is InChI=1S/C14H15F3N2/c1-4-18-14-8(7(2)3)5-9-12(17)10(15)6-11(16)13(9)19-14/h5-7H,4H2,1-3H3,(H,18,19). The molecule has 1 aromatic carbocycles. The van der Waals surface area contributed by atoms with E-state index in [0.717, 1.165) is 5.56 Å². The van der Waals surface area contributed by atoms with Crippen molar-refractivity contribution in [1.82, 2.24) is 4.98 Å². The van der Waals surface area contributed by atoms with Crippen molar-refractivity contribution >= 4 is 16.7 Å². The Hall–Kier alpha value is -1.78. The first kappa shape index (κ1) is 13.6. The second-order valence-corrected chi connectivity index (χ2v) is 4.66. The highest BCUT2D eigenvalue weighted by molar-refractivity contribution is 5.83. The first-order valence-electron chi connectivity index (χ1n) is 6.17. The van der Waals surface area contributed by atoms with Crippen molar-refractivity contribution in [3.63, 3.8) is 0 Å². The second kappa shape index (κ2) is 5.07. The number of hydrogen-bond acceptors (Lipinski definition) is 2. The maximum absolute atomic E-state index is 13.7. The minimum atomic E-state index is -1.20. The second-order valence-electron chi connectivity index (χ2n) is 4.66. The van der Waals surface area contributed by atoms with Gasteiger partial charge in [-0.3, -0.25) is 0 Å². The van der Waals surface area contributed by atoms with Gasteiger partial charge in [0.15, 0.2) is 17.5 Å². The summed E-state index contributed by atoms with van der Waals surface area (Å²) in [6, 6.07) is 1.99. The van der Waals surface area contributed by atoms with Crippen molar-refractivity contribution in [3.05, 3.63) is 35.1 Å². The van der Waals surface area contributed by atoms with Crippen LogP contribution in [0.4, 0.5) is 19.0 Å². The van der Waals surface area contributed by atoms with Crippen LogP contribution in [-0.2, 0) is 0 Å². The van der Waals surface area contributed by atoms with Crippen LogP contribution in [0.1, 0.15) is 32.3 Å². The lowest BCUT2D eigenvalue weighted by Gasteiger charge is -2.15. The SMILES string of the molecule is CCNc1nc2c(F)cc(F)c(F)c2cc1C(C)C. The fourth-order valence-electron chi connectivity index (χ4n) is 2.00. The Morgan fingerprint density at radius 1 is 1.16 bits per heavy atom. The van der Waals surface area contributed by atoms with Crippen molar-refractivity contribution in [2.45, 2.75) is 26.7 Å². The summed E-state index contributed by atoms with van der Waals surface area (Å²) in [6.07, 6.45) is 0. The van der Waals surface area contributed by atoms with E-state index in [1.165, 1.54) is 6.07 Å². The summed E-state index contributed by atoms with van der Waals surface area (Å²) in [5, 5.41) is 2.89. The van der Waals surface area contributed by atoms with Gasteiger partial charge in [-0.2, -0.15) is 0 Å². The summed E-state index contributed by atoms with van der Waals surface area (Å²) in [6.45, 7) is 6.33. The lowest BCUT2D eigenvalue weighted by atomic mass is 10.0. The van der Waals surface area contributed by atoms with Gasteiger partial charge in [-0.05, 0) is 24.5 Å². The molecule has 0 unspecified atom stereocenters. The number of nitrogens with zero attached hydrogens (tertiary/aromatic N) is 1. The third kappa shape index (κ3) is 2.37. The first-order valence-corrected chi connectivity index (χ1v) is 6.17. The quantitative estimate of drug-likeness (QED) is 0.843. The predicted octanol–water partition coefficient (Wildman–Crippen LogP) is 4.21. The predicted molar refractivity (Wildman–Crippen MR) is 69.9 cm³/mol. The van der Waals surface area contributed by atoms with Gasteiger partial charge < -0.3 is 5.32 Å². The van der Waals surface area contributed by atoms with E-state index in [2.05, 4.69) is 10.3 Å². The summed E-state index contributed by atoms with van der Waals surface area (Å²) in [4.78, 5) is 4.09. The molecule has 0 bridgehead atoms. The van der Waals surface area contributed by atoms with Crippen LogP contribution >= 0.6 is 0 Å². The number of aromatic nitrogens is 1. The lowest BCUT2D eigenvalue weighted by Crippen LogP contribution is -2.06. The van der Waals surface area contributed by atoms with Crippen LogP contribution in [0.2, 0.25) is 0 Å². The molecule has 102 valence electrons. The Labute approximate surface area is 109 Å². The number of hydrogen-bond donors (Lipinski definition) is 1. The molecule has 0 spiro atoms. The van der Waals surface area contributed by atoms with E-state index in [4.69, 9.17) is 0 Å². The van der Waals surface area contributed by atoms with Gasteiger partial charge in [0.05, 0.1) is 0 Å². The Balaban J connectivity index is 2.81. The monoisotopic (exact) mass is 268 g/mol. The van der Waals surface area contributed by atoms with Gasteiger partial charge in [0.25, 0.3) is 0 Å². The van der Waals surface area contributed by atoms with Gasteiger partial charge in [-0.15, -0.1) is 0 Å². The fraction of sp³-hybridized carbons (Fsp3) is 0.357. The Bertz CT molecular complexity index is 624. The zero-order valence-electron chi connectivity index (χ0n) is 11.0.